The Morgan fingerprint density at radius 2 is 1.70 bits per heavy atom. The highest BCUT2D eigenvalue weighted by molar-refractivity contribution is 5.76. The molecule has 27 heavy (non-hydrogen) atoms. The van der Waals surface area contributed by atoms with Crippen LogP contribution in [0.15, 0.2) is 24.3 Å². The normalized spacial score (nSPS) is 20.8. The Hall–Kier alpha value is -1.39. The van der Waals surface area contributed by atoms with Gasteiger partial charge in [-0.1, -0.05) is 44.0 Å². The summed E-state index contributed by atoms with van der Waals surface area (Å²) in [6.07, 6.45) is 8.48. The van der Waals surface area contributed by atoms with Crippen molar-refractivity contribution in [3.05, 3.63) is 35.4 Å². The van der Waals surface area contributed by atoms with Crippen LogP contribution >= 0.6 is 0 Å². The van der Waals surface area contributed by atoms with Crippen molar-refractivity contribution in [3.8, 4) is 0 Å². The van der Waals surface area contributed by atoms with Gasteiger partial charge in [-0.25, -0.2) is 0 Å². The fourth-order valence-corrected chi connectivity index (χ4v) is 4.46. The van der Waals surface area contributed by atoms with Crippen molar-refractivity contribution in [1.29, 1.82) is 0 Å². The minimum absolute atomic E-state index is 0.190. The summed E-state index contributed by atoms with van der Waals surface area (Å²) in [6, 6.07) is 8.79. The van der Waals surface area contributed by atoms with E-state index in [-0.39, 0.29) is 5.91 Å². The van der Waals surface area contributed by atoms with Crippen molar-refractivity contribution in [2.45, 2.75) is 65.0 Å². The summed E-state index contributed by atoms with van der Waals surface area (Å²) in [7, 11) is 0. The molecule has 1 amide bonds. The molecule has 2 N–H and O–H groups in total. The Labute approximate surface area is 165 Å². The third-order valence-electron chi connectivity index (χ3n) is 6.31. The predicted octanol–water partition coefficient (Wildman–Crippen LogP) is 3.70. The molecule has 2 saturated heterocycles. The third kappa shape index (κ3) is 6.93. The van der Waals surface area contributed by atoms with Crippen molar-refractivity contribution in [3.63, 3.8) is 0 Å². The molecular formula is C23H37N3O. The third-order valence-corrected chi connectivity index (χ3v) is 6.31. The molecular weight excluding hydrogens is 334 g/mol. The van der Waals surface area contributed by atoms with Gasteiger partial charge in [0.25, 0.3) is 0 Å². The van der Waals surface area contributed by atoms with Crippen LogP contribution in [0.5, 0.6) is 0 Å². The maximum absolute atomic E-state index is 12.3. The number of piperidine rings is 1. The SMILES string of the molecule is CC(CC(=O)NCc1ccc(CN2CCCCCC2)cc1)C1CCNCC1. The molecule has 0 aromatic heterocycles. The van der Waals surface area contributed by atoms with E-state index in [0.717, 1.165) is 19.6 Å². The number of benzene rings is 1. The molecule has 4 nitrogen and oxygen atoms in total. The first-order chi connectivity index (χ1) is 13.2. The van der Waals surface area contributed by atoms with Gasteiger partial charge in [0, 0.05) is 19.5 Å². The average Bonchev–Trinajstić information content (AvgIpc) is 2.97. The molecule has 1 atom stereocenters. The number of hydrogen-bond donors (Lipinski definition) is 2. The van der Waals surface area contributed by atoms with E-state index in [9.17, 15) is 4.79 Å². The summed E-state index contributed by atoms with van der Waals surface area (Å²) >= 11 is 0. The molecule has 1 aromatic carbocycles. The number of nitrogens with zero attached hydrogens (tertiary/aromatic N) is 1. The lowest BCUT2D eigenvalue weighted by Crippen LogP contribution is -2.33. The maximum atomic E-state index is 12.3. The molecule has 0 radical (unpaired) electrons. The number of hydrogen-bond acceptors (Lipinski definition) is 3. The second-order valence-electron chi connectivity index (χ2n) is 8.55. The molecule has 0 aliphatic carbocycles. The number of amides is 1. The number of carbonyl (C=O) groups is 1. The first kappa shape index (κ1) is 20.3. The molecule has 0 saturated carbocycles. The molecule has 2 heterocycles. The van der Waals surface area contributed by atoms with Crippen LogP contribution in [0.25, 0.3) is 0 Å². The number of likely N-dealkylation sites (tertiary alicyclic amines) is 1. The summed E-state index contributed by atoms with van der Waals surface area (Å²) in [5, 5.41) is 6.51. The van der Waals surface area contributed by atoms with Crippen molar-refractivity contribution in [2.24, 2.45) is 11.8 Å². The second-order valence-corrected chi connectivity index (χ2v) is 8.55. The van der Waals surface area contributed by atoms with Gasteiger partial charge >= 0.3 is 0 Å². The molecule has 2 fully saturated rings. The van der Waals surface area contributed by atoms with Gasteiger partial charge in [0.15, 0.2) is 0 Å². The highest BCUT2D eigenvalue weighted by Crippen LogP contribution is 2.24. The Kier molecular flexibility index (Phi) is 8.15. The summed E-state index contributed by atoms with van der Waals surface area (Å²) in [5.41, 5.74) is 2.57. The number of rotatable bonds is 7. The smallest absolute Gasteiger partial charge is 0.220 e. The lowest BCUT2D eigenvalue weighted by molar-refractivity contribution is -0.122. The van der Waals surface area contributed by atoms with Gasteiger partial charge in [0.2, 0.25) is 5.91 Å². The minimum Gasteiger partial charge on any atom is -0.352 e. The molecule has 2 aliphatic rings. The Morgan fingerprint density at radius 3 is 2.37 bits per heavy atom. The van der Waals surface area contributed by atoms with Crippen molar-refractivity contribution < 1.29 is 4.79 Å². The summed E-state index contributed by atoms with van der Waals surface area (Å²) in [4.78, 5) is 14.9. The van der Waals surface area contributed by atoms with Crippen LogP contribution in [0.4, 0.5) is 0 Å². The summed E-state index contributed by atoms with van der Waals surface area (Å²) in [5.74, 6) is 1.35. The number of carbonyl (C=O) groups excluding carboxylic acids is 1. The van der Waals surface area contributed by atoms with Crippen LogP contribution in [0.2, 0.25) is 0 Å². The summed E-state index contributed by atoms with van der Waals surface area (Å²) in [6.45, 7) is 8.58. The molecule has 1 aromatic rings. The van der Waals surface area contributed by atoms with Crippen molar-refractivity contribution in [1.82, 2.24) is 15.5 Å². The van der Waals surface area contributed by atoms with Crippen LogP contribution in [0.1, 0.15) is 63.0 Å². The maximum Gasteiger partial charge on any atom is 0.220 e. The van der Waals surface area contributed by atoms with Crippen molar-refractivity contribution in [2.75, 3.05) is 26.2 Å². The molecule has 3 rings (SSSR count). The largest absolute Gasteiger partial charge is 0.352 e. The van der Waals surface area contributed by atoms with Crippen LogP contribution < -0.4 is 10.6 Å². The molecule has 150 valence electrons. The first-order valence-corrected chi connectivity index (χ1v) is 11.0. The topological polar surface area (TPSA) is 44.4 Å². The Bertz CT molecular complexity index is 557. The first-order valence-electron chi connectivity index (χ1n) is 11.0. The van der Waals surface area contributed by atoms with Crippen LogP contribution in [0, 0.1) is 11.8 Å². The lowest BCUT2D eigenvalue weighted by atomic mass is 9.84. The fourth-order valence-electron chi connectivity index (χ4n) is 4.46. The molecule has 4 heteroatoms. The van der Waals surface area contributed by atoms with Crippen LogP contribution in [-0.4, -0.2) is 37.0 Å². The predicted molar refractivity (Wildman–Crippen MR) is 111 cm³/mol. The van der Waals surface area contributed by atoms with Gasteiger partial charge in [-0.15, -0.1) is 0 Å². The van der Waals surface area contributed by atoms with E-state index in [4.69, 9.17) is 0 Å². The lowest BCUT2D eigenvalue weighted by Gasteiger charge is -2.27. The van der Waals surface area contributed by atoms with Gasteiger partial charge in [-0.3, -0.25) is 9.69 Å². The van der Waals surface area contributed by atoms with E-state index in [1.807, 2.05) is 0 Å². The highest BCUT2D eigenvalue weighted by Gasteiger charge is 2.21. The standard InChI is InChI=1S/C23H37N3O/c1-19(22-10-12-24-13-11-22)16-23(27)25-17-20-6-8-21(9-7-20)18-26-14-4-2-3-5-15-26/h6-9,19,22,24H,2-5,10-18H2,1H3,(H,25,27). The van der Waals surface area contributed by atoms with E-state index >= 15 is 0 Å². The molecule has 1 unspecified atom stereocenters. The molecule has 0 spiro atoms. The quantitative estimate of drug-likeness (QED) is 0.768. The van der Waals surface area contributed by atoms with E-state index in [2.05, 4.69) is 46.7 Å². The Balaban J connectivity index is 1.39. The van der Waals surface area contributed by atoms with E-state index in [0.29, 0.717) is 24.8 Å². The van der Waals surface area contributed by atoms with E-state index in [1.165, 1.54) is 62.7 Å². The molecule has 0 bridgehead atoms. The van der Waals surface area contributed by atoms with Gasteiger partial charge in [-0.2, -0.15) is 0 Å². The van der Waals surface area contributed by atoms with Crippen LogP contribution in [-0.2, 0) is 17.9 Å². The summed E-state index contributed by atoms with van der Waals surface area (Å²) < 4.78 is 0. The molecule has 2 aliphatic heterocycles. The van der Waals surface area contributed by atoms with Gasteiger partial charge in [-0.05, 0) is 74.8 Å². The van der Waals surface area contributed by atoms with E-state index in [1.54, 1.807) is 0 Å². The van der Waals surface area contributed by atoms with Crippen molar-refractivity contribution >= 4 is 5.91 Å². The minimum atomic E-state index is 0.190. The number of nitrogens with one attached hydrogen (secondary N) is 2. The van der Waals surface area contributed by atoms with Gasteiger partial charge in [0.1, 0.15) is 0 Å². The van der Waals surface area contributed by atoms with Gasteiger partial charge < -0.3 is 10.6 Å². The Morgan fingerprint density at radius 1 is 1.07 bits per heavy atom. The second kappa shape index (κ2) is 10.8. The van der Waals surface area contributed by atoms with Gasteiger partial charge in [0.05, 0.1) is 0 Å². The average molecular weight is 372 g/mol. The fraction of sp³-hybridized carbons (Fsp3) is 0.696. The zero-order valence-electron chi connectivity index (χ0n) is 17.0. The zero-order chi connectivity index (χ0) is 18.9. The highest BCUT2D eigenvalue weighted by atomic mass is 16.1. The monoisotopic (exact) mass is 371 g/mol. The van der Waals surface area contributed by atoms with Crippen LogP contribution in [0.3, 0.4) is 0 Å². The zero-order valence-corrected chi connectivity index (χ0v) is 17.0. The van der Waals surface area contributed by atoms with E-state index < -0.39 is 0 Å².